The second kappa shape index (κ2) is 9.44. The first-order valence-electron chi connectivity index (χ1n) is 14.0. The molecule has 8 nitrogen and oxygen atoms in total. The molecule has 2 aliphatic heterocycles. The van der Waals surface area contributed by atoms with Gasteiger partial charge >= 0.3 is 5.97 Å². The SMILES string of the molecule is COc1ccc2c3c1O[C@H]1[C@@H](N(CC(C)C)C(=O)/C=C/c4ccoc4)CC[C@@]4(OC(C)=O)[C@@H](C2)N(C)CC[C@]314. The molecule has 1 saturated carbocycles. The first kappa shape index (κ1) is 26.0. The summed E-state index contributed by atoms with van der Waals surface area (Å²) in [6.07, 6.45) is 9.16. The van der Waals surface area contributed by atoms with Crippen LogP contribution in [-0.2, 0) is 26.2 Å². The molecule has 2 bridgehead atoms. The Morgan fingerprint density at radius 1 is 1.26 bits per heavy atom. The lowest BCUT2D eigenvalue weighted by atomic mass is 9.48. The normalized spacial score (nSPS) is 30.7. The van der Waals surface area contributed by atoms with E-state index in [2.05, 4.69) is 31.9 Å². The molecule has 1 aromatic heterocycles. The molecule has 2 fully saturated rings. The quantitative estimate of drug-likeness (QED) is 0.389. The highest BCUT2D eigenvalue weighted by Gasteiger charge is 2.75. The Labute approximate surface area is 229 Å². The molecule has 3 heterocycles. The van der Waals surface area contributed by atoms with Crippen LogP contribution in [0.3, 0.4) is 0 Å². The third-order valence-electron chi connectivity index (χ3n) is 9.40. The fourth-order valence-corrected chi connectivity index (χ4v) is 8.04. The minimum atomic E-state index is -0.739. The molecule has 5 atom stereocenters. The predicted molar refractivity (Wildman–Crippen MR) is 146 cm³/mol. The number of rotatable bonds is 7. The first-order chi connectivity index (χ1) is 18.7. The average Bonchev–Trinajstić information content (AvgIpc) is 3.54. The molecule has 1 aromatic carbocycles. The van der Waals surface area contributed by atoms with Crippen molar-refractivity contribution in [2.24, 2.45) is 5.92 Å². The third kappa shape index (κ3) is 3.74. The standard InChI is InChI=1S/C31H38N2O6/c1-19(2)17-33(26(35)9-6-21-11-15-37-18-21)23-10-12-31(39-20(3)34)25-16-22-7-8-24(36-5)28-27(22)30(31,29(23)38-28)13-14-32(25)4/h6-9,11,15,18-19,23,25,29H,10,12-14,16-17H2,1-5H3/b9-6+/t23-,25+,29-,30-,31+/m0/s1. The molecule has 6 rings (SSSR count). The Morgan fingerprint density at radius 2 is 2.08 bits per heavy atom. The minimum absolute atomic E-state index is 0.0317. The van der Waals surface area contributed by atoms with Crippen LogP contribution in [0, 0.1) is 5.92 Å². The maximum Gasteiger partial charge on any atom is 0.303 e. The smallest absolute Gasteiger partial charge is 0.303 e. The number of furan rings is 1. The molecule has 2 aliphatic carbocycles. The third-order valence-corrected chi connectivity index (χ3v) is 9.40. The van der Waals surface area contributed by atoms with Crippen molar-refractivity contribution in [1.29, 1.82) is 0 Å². The largest absolute Gasteiger partial charge is 0.493 e. The van der Waals surface area contributed by atoms with Gasteiger partial charge in [-0.3, -0.25) is 14.5 Å². The van der Waals surface area contributed by atoms with Crippen LogP contribution in [0.15, 0.2) is 41.2 Å². The molecule has 8 heteroatoms. The van der Waals surface area contributed by atoms with E-state index >= 15 is 0 Å². The first-order valence-corrected chi connectivity index (χ1v) is 14.0. The number of likely N-dealkylation sites (N-methyl/N-ethyl adjacent to an activating group) is 1. The highest BCUT2D eigenvalue weighted by atomic mass is 16.6. The highest BCUT2D eigenvalue weighted by molar-refractivity contribution is 5.92. The van der Waals surface area contributed by atoms with E-state index in [9.17, 15) is 9.59 Å². The van der Waals surface area contributed by atoms with Crippen LogP contribution in [0.2, 0.25) is 0 Å². The van der Waals surface area contributed by atoms with Crippen LogP contribution in [-0.4, -0.2) is 72.7 Å². The Kier molecular flexibility index (Phi) is 6.29. The number of carbonyl (C=O) groups excluding carboxylic acids is 2. The molecule has 208 valence electrons. The number of esters is 1. The van der Waals surface area contributed by atoms with Crippen LogP contribution in [0.5, 0.6) is 11.5 Å². The van der Waals surface area contributed by atoms with Gasteiger partial charge in [0.05, 0.1) is 37.1 Å². The van der Waals surface area contributed by atoms with E-state index in [1.165, 1.54) is 12.5 Å². The van der Waals surface area contributed by atoms with Gasteiger partial charge < -0.3 is 23.5 Å². The summed E-state index contributed by atoms with van der Waals surface area (Å²) in [5.74, 6) is 1.37. The molecule has 2 aromatic rings. The lowest BCUT2D eigenvalue weighted by molar-refractivity contribution is -0.221. The van der Waals surface area contributed by atoms with E-state index in [1.54, 1.807) is 31.8 Å². The Balaban J connectivity index is 1.50. The number of ether oxygens (including phenoxy) is 3. The van der Waals surface area contributed by atoms with Gasteiger partial charge in [0.2, 0.25) is 5.91 Å². The predicted octanol–water partition coefficient (Wildman–Crippen LogP) is 4.21. The summed E-state index contributed by atoms with van der Waals surface area (Å²) in [5.41, 5.74) is 1.87. The van der Waals surface area contributed by atoms with Crippen LogP contribution >= 0.6 is 0 Å². The lowest BCUT2D eigenvalue weighted by Crippen LogP contribution is -2.79. The topological polar surface area (TPSA) is 81.5 Å². The number of hydrogen-bond acceptors (Lipinski definition) is 7. The summed E-state index contributed by atoms with van der Waals surface area (Å²) in [6.45, 7) is 7.22. The van der Waals surface area contributed by atoms with Gasteiger partial charge in [0.25, 0.3) is 0 Å². The van der Waals surface area contributed by atoms with Crippen LogP contribution < -0.4 is 9.47 Å². The Hall–Kier alpha value is -3.26. The van der Waals surface area contributed by atoms with Gasteiger partial charge in [-0.15, -0.1) is 0 Å². The van der Waals surface area contributed by atoms with E-state index in [-0.39, 0.29) is 36.0 Å². The zero-order chi connectivity index (χ0) is 27.5. The summed E-state index contributed by atoms with van der Waals surface area (Å²) >= 11 is 0. The number of carbonyl (C=O) groups is 2. The summed E-state index contributed by atoms with van der Waals surface area (Å²) in [5, 5.41) is 0. The van der Waals surface area contributed by atoms with Crippen LogP contribution in [0.4, 0.5) is 0 Å². The molecule has 1 amide bonds. The van der Waals surface area contributed by atoms with Crippen molar-refractivity contribution in [2.75, 3.05) is 27.2 Å². The zero-order valence-electron chi connectivity index (χ0n) is 23.4. The van der Waals surface area contributed by atoms with Gasteiger partial charge in [-0.25, -0.2) is 0 Å². The molecule has 4 aliphatic rings. The van der Waals surface area contributed by atoms with E-state index in [0.717, 1.165) is 36.3 Å². The molecule has 1 spiro atoms. The Bertz CT molecular complexity index is 1300. The number of methoxy groups -OCH3 is 1. The van der Waals surface area contributed by atoms with Gasteiger partial charge in [-0.1, -0.05) is 19.9 Å². The number of hydrogen-bond donors (Lipinski definition) is 0. The minimum Gasteiger partial charge on any atom is -0.493 e. The summed E-state index contributed by atoms with van der Waals surface area (Å²) in [7, 11) is 3.79. The van der Waals surface area contributed by atoms with Crippen LogP contribution in [0.1, 0.15) is 56.7 Å². The number of amides is 1. The van der Waals surface area contributed by atoms with Gasteiger partial charge in [0.1, 0.15) is 11.7 Å². The molecule has 39 heavy (non-hydrogen) atoms. The van der Waals surface area contributed by atoms with Gasteiger partial charge in [0, 0.05) is 30.7 Å². The molecule has 0 radical (unpaired) electrons. The van der Waals surface area contributed by atoms with Crippen molar-refractivity contribution < 1.29 is 28.2 Å². The summed E-state index contributed by atoms with van der Waals surface area (Å²) < 4.78 is 24.4. The molecular weight excluding hydrogens is 496 g/mol. The van der Waals surface area contributed by atoms with Crippen LogP contribution in [0.25, 0.3) is 6.08 Å². The van der Waals surface area contributed by atoms with E-state index < -0.39 is 11.0 Å². The monoisotopic (exact) mass is 534 g/mol. The Morgan fingerprint density at radius 3 is 2.77 bits per heavy atom. The van der Waals surface area contributed by atoms with Gasteiger partial charge in [0.15, 0.2) is 11.5 Å². The lowest BCUT2D eigenvalue weighted by Gasteiger charge is -2.65. The fraction of sp³-hybridized carbons (Fsp3) is 0.548. The average molecular weight is 535 g/mol. The second-order valence-electron chi connectivity index (χ2n) is 12.0. The number of piperidine rings is 1. The maximum absolute atomic E-state index is 13.8. The summed E-state index contributed by atoms with van der Waals surface area (Å²) in [6, 6.07) is 5.79. The number of nitrogens with zero attached hydrogens (tertiary/aromatic N) is 2. The van der Waals surface area contributed by atoms with Crippen molar-refractivity contribution >= 4 is 18.0 Å². The van der Waals surface area contributed by atoms with Crippen molar-refractivity contribution in [2.45, 2.75) is 75.7 Å². The van der Waals surface area contributed by atoms with Crippen molar-refractivity contribution in [3.05, 3.63) is 53.5 Å². The summed E-state index contributed by atoms with van der Waals surface area (Å²) in [4.78, 5) is 30.9. The second-order valence-corrected chi connectivity index (χ2v) is 12.0. The van der Waals surface area contributed by atoms with E-state index in [4.69, 9.17) is 18.6 Å². The van der Waals surface area contributed by atoms with Crippen molar-refractivity contribution in [3.8, 4) is 11.5 Å². The van der Waals surface area contributed by atoms with E-state index in [0.29, 0.717) is 25.1 Å². The van der Waals surface area contributed by atoms with Crippen molar-refractivity contribution in [1.82, 2.24) is 9.80 Å². The van der Waals surface area contributed by atoms with Gasteiger partial charge in [-0.05, 0) is 69.0 Å². The van der Waals surface area contributed by atoms with Crippen molar-refractivity contribution in [3.63, 3.8) is 0 Å². The molecule has 1 saturated heterocycles. The van der Waals surface area contributed by atoms with Gasteiger partial charge in [-0.2, -0.15) is 0 Å². The molecular formula is C31H38N2O6. The fourth-order valence-electron chi connectivity index (χ4n) is 8.04. The number of benzene rings is 1. The highest BCUT2D eigenvalue weighted by Crippen LogP contribution is 2.67. The van der Waals surface area contributed by atoms with E-state index in [1.807, 2.05) is 17.0 Å². The zero-order valence-corrected chi connectivity index (χ0v) is 23.4. The number of likely N-dealkylation sites (tertiary alicyclic amines) is 1. The maximum atomic E-state index is 13.8. The molecule has 0 unspecified atom stereocenters. The molecule has 0 N–H and O–H groups in total.